The van der Waals surface area contributed by atoms with Gasteiger partial charge in [-0.15, -0.1) is 0 Å². The summed E-state index contributed by atoms with van der Waals surface area (Å²) in [5.41, 5.74) is -0.408. The molecule has 2 aromatic carbocycles. The third-order valence-corrected chi connectivity index (χ3v) is 11.6. The van der Waals surface area contributed by atoms with Crippen molar-refractivity contribution in [1.82, 2.24) is 19.7 Å². The zero-order valence-electron chi connectivity index (χ0n) is 27.1. The number of carbonyl (C=O) groups excluding carboxylic acids is 2. The van der Waals surface area contributed by atoms with Crippen molar-refractivity contribution >= 4 is 27.5 Å². The second kappa shape index (κ2) is 13.1. The zero-order valence-corrected chi connectivity index (χ0v) is 27.9. The summed E-state index contributed by atoms with van der Waals surface area (Å²) in [5, 5.41) is 10.0. The lowest BCUT2D eigenvalue weighted by Crippen LogP contribution is -2.53. The van der Waals surface area contributed by atoms with Crippen LogP contribution < -0.4 is 9.04 Å². The van der Waals surface area contributed by atoms with Crippen molar-refractivity contribution in [3.63, 3.8) is 0 Å². The van der Waals surface area contributed by atoms with E-state index in [2.05, 4.69) is 27.9 Å². The highest BCUT2D eigenvalue weighted by atomic mass is 32.2. The van der Waals surface area contributed by atoms with E-state index in [1.165, 1.54) is 30.5 Å². The molecule has 3 aliphatic rings. The van der Waals surface area contributed by atoms with Gasteiger partial charge in [0.1, 0.15) is 5.41 Å². The van der Waals surface area contributed by atoms with Crippen molar-refractivity contribution in [3.8, 4) is 11.9 Å². The summed E-state index contributed by atoms with van der Waals surface area (Å²) in [4.78, 5) is 40.5. The van der Waals surface area contributed by atoms with E-state index in [-0.39, 0.29) is 46.5 Å². The molecule has 6 rings (SSSR count). The molecule has 2 amide bonds. The maximum atomic E-state index is 15.1. The molecule has 246 valence electrons. The first-order chi connectivity index (χ1) is 22.6. The number of nitriles is 1. The number of sulfonamides is 1. The molecule has 0 bridgehead atoms. The number of piperidine rings is 1. The number of rotatable bonds is 8. The molecule has 2 saturated heterocycles. The Kier molecular flexibility index (Phi) is 9.07. The predicted octanol–water partition coefficient (Wildman–Crippen LogP) is 3.31. The minimum atomic E-state index is -4.42. The molecular formula is C35H40N6O5S. The van der Waals surface area contributed by atoms with Crippen LogP contribution in [0.3, 0.4) is 0 Å². The molecule has 1 aromatic heterocycles. The molecule has 0 N–H and O–H groups in total. The van der Waals surface area contributed by atoms with E-state index in [9.17, 15) is 18.5 Å². The Hall–Kier alpha value is -4.31. The number of likely N-dealkylation sites (N-methyl/N-ethyl adjacent to an activating group) is 1. The molecule has 0 spiro atoms. The van der Waals surface area contributed by atoms with Crippen LogP contribution in [0, 0.1) is 18.3 Å². The van der Waals surface area contributed by atoms with Gasteiger partial charge >= 0.3 is 0 Å². The summed E-state index contributed by atoms with van der Waals surface area (Å²) in [6.45, 7) is 8.80. The van der Waals surface area contributed by atoms with E-state index < -0.39 is 21.3 Å². The quantitative estimate of drug-likeness (QED) is 0.359. The van der Waals surface area contributed by atoms with Crippen molar-refractivity contribution < 1.29 is 22.7 Å². The van der Waals surface area contributed by atoms with E-state index in [0.717, 1.165) is 43.3 Å². The van der Waals surface area contributed by atoms with Crippen LogP contribution in [0.2, 0.25) is 0 Å². The highest BCUT2D eigenvalue weighted by Gasteiger charge is 2.59. The Morgan fingerprint density at radius 2 is 1.72 bits per heavy atom. The number of piperazine rings is 1. The van der Waals surface area contributed by atoms with Crippen LogP contribution in [0.1, 0.15) is 48.4 Å². The van der Waals surface area contributed by atoms with Gasteiger partial charge in [-0.3, -0.25) is 14.5 Å². The number of ether oxygens (including phenoxy) is 1. The van der Waals surface area contributed by atoms with Gasteiger partial charge in [0.05, 0.1) is 28.8 Å². The average Bonchev–Trinajstić information content (AvgIpc) is 3.35. The van der Waals surface area contributed by atoms with Gasteiger partial charge in [-0.05, 0) is 69.6 Å². The van der Waals surface area contributed by atoms with Crippen LogP contribution in [0.25, 0.3) is 0 Å². The van der Waals surface area contributed by atoms with Gasteiger partial charge in [0, 0.05) is 69.1 Å². The first kappa shape index (κ1) is 32.6. The molecule has 12 heteroatoms. The fourth-order valence-electron chi connectivity index (χ4n) is 7.34. The van der Waals surface area contributed by atoms with Crippen molar-refractivity contribution in [2.75, 3.05) is 57.2 Å². The standard InChI is InChI=1S/C35H40N6O5S/c1-4-46-33-29(11-8-16-37-33)35(23-31(42)40-17-14-27(15-18-40)39-21-19-38(3)20-22-39)32-25(2)26(24-36)12-13-30(32)41(34(35)43)47(44,45)28-9-6-5-7-10-28/h5-13,16,27H,4,14-15,17-23H2,1-3H3. The Morgan fingerprint density at radius 1 is 1.02 bits per heavy atom. The zero-order chi connectivity index (χ0) is 33.3. The van der Waals surface area contributed by atoms with Crippen LogP contribution in [0.4, 0.5) is 5.69 Å². The van der Waals surface area contributed by atoms with Crippen LogP contribution in [0.15, 0.2) is 65.7 Å². The van der Waals surface area contributed by atoms with Crippen LogP contribution in [-0.4, -0.2) is 98.9 Å². The number of anilines is 1. The summed E-state index contributed by atoms with van der Waals surface area (Å²) >= 11 is 0. The molecule has 0 radical (unpaired) electrons. The highest BCUT2D eigenvalue weighted by molar-refractivity contribution is 7.93. The summed E-state index contributed by atoms with van der Waals surface area (Å²) < 4.78 is 35.3. The van der Waals surface area contributed by atoms with Crippen LogP contribution in [0.5, 0.6) is 5.88 Å². The SMILES string of the molecule is CCOc1ncccc1C1(CC(=O)N2CCC(N3CCN(C)CC3)CC2)C(=O)N(S(=O)(=O)c2ccccc2)c2ccc(C#N)c(C)c21. The first-order valence-corrected chi connectivity index (χ1v) is 17.5. The fraction of sp³-hybridized carbons (Fsp3) is 0.429. The molecule has 3 aliphatic heterocycles. The molecular weight excluding hydrogens is 616 g/mol. The number of likely N-dealkylation sites (tertiary alicyclic amines) is 1. The summed E-state index contributed by atoms with van der Waals surface area (Å²) in [7, 11) is -2.29. The van der Waals surface area contributed by atoms with Gasteiger partial charge in [0.2, 0.25) is 11.8 Å². The third-order valence-electron chi connectivity index (χ3n) is 9.84. The van der Waals surface area contributed by atoms with E-state index in [1.807, 2.05) is 0 Å². The fourth-order valence-corrected chi connectivity index (χ4v) is 8.83. The molecule has 4 heterocycles. The monoisotopic (exact) mass is 656 g/mol. The second-order valence-electron chi connectivity index (χ2n) is 12.5. The second-order valence-corrected chi connectivity index (χ2v) is 14.2. The molecule has 0 saturated carbocycles. The highest BCUT2D eigenvalue weighted by Crippen LogP contribution is 2.54. The minimum absolute atomic E-state index is 0.0642. The van der Waals surface area contributed by atoms with Crippen molar-refractivity contribution in [2.24, 2.45) is 0 Å². The van der Waals surface area contributed by atoms with Crippen LogP contribution >= 0.6 is 0 Å². The van der Waals surface area contributed by atoms with E-state index >= 15 is 4.79 Å². The van der Waals surface area contributed by atoms with Crippen molar-refractivity contribution in [2.45, 2.75) is 49.5 Å². The lowest BCUT2D eigenvalue weighted by Gasteiger charge is -2.42. The molecule has 1 atom stereocenters. The Bertz CT molecular complexity index is 1810. The molecule has 0 aliphatic carbocycles. The van der Waals surface area contributed by atoms with E-state index in [4.69, 9.17) is 4.74 Å². The summed E-state index contributed by atoms with van der Waals surface area (Å²) in [5.74, 6) is -0.936. The number of benzene rings is 2. The Balaban J connectivity index is 1.46. The largest absolute Gasteiger partial charge is 0.478 e. The molecule has 47 heavy (non-hydrogen) atoms. The lowest BCUT2D eigenvalue weighted by molar-refractivity contribution is -0.136. The number of aromatic nitrogens is 1. The maximum Gasteiger partial charge on any atom is 0.270 e. The van der Waals surface area contributed by atoms with Crippen LogP contribution in [-0.2, 0) is 25.0 Å². The van der Waals surface area contributed by atoms with Crippen molar-refractivity contribution in [1.29, 1.82) is 5.26 Å². The predicted molar refractivity (Wildman–Crippen MR) is 176 cm³/mol. The normalized spacial score (nSPS) is 21.0. The first-order valence-electron chi connectivity index (χ1n) is 16.1. The number of pyridine rings is 1. The number of carbonyl (C=O) groups is 2. The number of hydrogen-bond donors (Lipinski definition) is 0. The number of nitrogens with zero attached hydrogens (tertiary/aromatic N) is 6. The average molecular weight is 657 g/mol. The molecule has 1 unspecified atom stereocenters. The summed E-state index contributed by atoms with van der Waals surface area (Å²) in [6, 6.07) is 16.6. The van der Waals surface area contributed by atoms with Gasteiger partial charge < -0.3 is 14.5 Å². The molecule has 2 fully saturated rings. The van der Waals surface area contributed by atoms with Gasteiger partial charge in [-0.2, -0.15) is 5.26 Å². The van der Waals surface area contributed by atoms with E-state index in [0.29, 0.717) is 30.3 Å². The summed E-state index contributed by atoms with van der Waals surface area (Å²) in [6.07, 6.45) is 2.82. The third kappa shape index (κ3) is 5.66. The van der Waals surface area contributed by atoms with Gasteiger partial charge in [0.25, 0.3) is 15.9 Å². The minimum Gasteiger partial charge on any atom is -0.478 e. The van der Waals surface area contributed by atoms with Gasteiger partial charge in [0.15, 0.2) is 0 Å². The van der Waals surface area contributed by atoms with Crippen molar-refractivity contribution in [3.05, 3.63) is 83.0 Å². The van der Waals surface area contributed by atoms with E-state index in [1.54, 1.807) is 49.1 Å². The topological polar surface area (TPSA) is 127 Å². The smallest absolute Gasteiger partial charge is 0.270 e. The Labute approximate surface area is 276 Å². The molecule has 3 aromatic rings. The number of hydrogen-bond acceptors (Lipinski definition) is 9. The van der Waals surface area contributed by atoms with Gasteiger partial charge in [-0.1, -0.05) is 24.3 Å². The lowest BCUT2D eigenvalue weighted by atomic mass is 9.70. The maximum absolute atomic E-state index is 15.1. The Morgan fingerprint density at radius 3 is 2.38 bits per heavy atom. The number of amides is 2. The number of fused-ring (bicyclic) bond motifs is 1. The molecule has 11 nitrogen and oxygen atoms in total. The van der Waals surface area contributed by atoms with Gasteiger partial charge in [-0.25, -0.2) is 17.7 Å².